The van der Waals surface area contributed by atoms with Crippen molar-refractivity contribution in [2.75, 3.05) is 20.2 Å². The summed E-state index contributed by atoms with van der Waals surface area (Å²) in [6.07, 6.45) is 2.18. The van der Waals surface area contributed by atoms with Gasteiger partial charge in [-0.15, -0.1) is 11.3 Å². The fourth-order valence-corrected chi connectivity index (χ4v) is 4.19. The van der Waals surface area contributed by atoms with Crippen molar-refractivity contribution >= 4 is 17.3 Å². The second-order valence-electron chi connectivity index (χ2n) is 6.19. The second kappa shape index (κ2) is 7.32. The molecule has 2 heterocycles. The summed E-state index contributed by atoms with van der Waals surface area (Å²) >= 11 is 1.46. The van der Waals surface area contributed by atoms with Gasteiger partial charge in [0, 0.05) is 24.4 Å². The van der Waals surface area contributed by atoms with Crippen LogP contribution in [0.25, 0.3) is 0 Å². The lowest BCUT2D eigenvalue weighted by atomic mass is 9.97. The van der Waals surface area contributed by atoms with Gasteiger partial charge >= 0.3 is 5.97 Å². The number of rotatable bonds is 5. The molecule has 1 aliphatic heterocycles. The number of benzene rings is 1. The SMILES string of the molecule is COc1cccc(CN2CCCC(c3nc(C(=O)O)cs3)C2)c1C. The van der Waals surface area contributed by atoms with Gasteiger partial charge < -0.3 is 9.84 Å². The van der Waals surface area contributed by atoms with Gasteiger partial charge in [0.25, 0.3) is 0 Å². The van der Waals surface area contributed by atoms with Gasteiger partial charge in [0.2, 0.25) is 0 Å². The molecule has 1 N–H and O–H groups in total. The number of ether oxygens (including phenoxy) is 1. The Hall–Kier alpha value is -1.92. The van der Waals surface area contributed by atoms with E-state index >= 15 is 0 Å². The van der Waals surface area contributed by atoms with Crippen molar-refractivity contribution in [3.63, 3.8) is 0 Å². The third-order valence-corrected chi connectivity index (χ3v) is 5.61. The molecule has 1 fully saturated rings. The van der Waals surface area contributed by atoms with Crippen LogP contribution >= 0.6 is 11.3 Å². The fraction of sp³-hybridized carbons (Fsp3) is 0.444. The number of carboxylic acids is 1. The van der Waals surface area contributed by atoms with Crippen molar-refractivity contribution in [2.45, 2.75) is 32.2 Å². The molecule has 1 unspecified atom stereocenters. The average Bonchev–Trinajstić information content (AvgIpc) is 3.07. The number of piperidine rings is 1. The topological polar surface area (TPSA) is 62.7 Å². The molecule has 128 valence electrons. The molecule has 0 bridgehead atoms. The summed E-state index contributed by atoms with van der Waals surface area (Å²) in [5, 5.41) is 11.6. The zero-order chi connectivity index (χ0) is 17.1. The minimum absolute atomic E-state index is 0.163. The van der Waals surface area contributed by atoms with Crippen molar-refractivity contribution in [3.05, 3.63) is 45.4 Å². The summed E-state index contributed by atoms with van der Waals surface area (Å²) in [5.41, 5.74) is 2.63. The molecule has 2 aromatic rings. The highest BCUT2D eigenvalue weighted by molar-refractivity contribution is 7.09. The number of carbonyl (C=O) groups is 1. The molecule has 6 heteroatoms. The number of hydrogen-bond acceptors (Lipinski definition) is 5. The molecule has 1 atom stereocenters. The van der Waals surface area contributed by atoms with Gasteiger partial charge in [-0.1, -0.05) is 12.1 Å². The summed E-state index contributed by atoms with van der Waals surface area (Å²) in [6, 6.07) is 6.16. The van der Waals surface area contributed by atoms with Crippen molar-refractivity contribution in [2.24, 2.45) is 0 Å². The normalized spacial score (nSPS) is 18.5. The minimum atomic E-state index is -0.947. The van der Waals surface area contributed by atoms with Crippen LogP contribution in [0, 0.1) is 6.92 Å². The molecule has 0 amide bonds. The summed E-state index contributed by atoms with van der Waals surface area (Å²) in [5.74, 6) is 0.298. The maximum atomic E-state index is 11.0. The highest BCUT2D eigenvalue weighted by Gasteiger charge is 2.25. The number of aromatic carboxylic acids is 1. The standard InChI is InChI=1S/C18H22N2O3S/c1-12-13(5-3-7-16(12)23-2)9-20-8-4-6-14(10-20)17-19-15(11-24-17)18(21)22/h3,5,7,11,14H,4,6,8-10H2,1-2H3,(H,21,22). The van der Waals surface area contributed by atoms with Gasteiger partial charge in [-0.3, -0.25) is 4.90 Å². The minimum Gasteiger partial charge on any atom is -0.496 e. The van der Waals surface area contributed by atoms with Crippen molar-refractivity contribution in [1.29, 1.82) is 0 Å². The van der Waals surface area contributed by atoms with E-state index in [9.17, 15) is 4.79 Å². The predicted octanol–water partition coefficient (Wildman–Crippen LogP) is 3.54. The van der Waals surface area contributed by atoms with Crippen LogP contribution in [0.3, 0.4) is 0 Å². The molecule has 0 saturated carbocycles. The Morgan fingerprint density at radius 2 is 2.33 bits per heavy atom. The molecule has 5 nitrogen and oxygen atoms in total. The molecular weight excluding hydrogens is 324 g/mol. The largest absolute Gasteiger partial charge is 0.496 e. The first-order valence-corrected chi connectivity index (χ1v) is 9.00. The molecule has 1 aromatic carbocycles. The van der Waals surface area contributed by atoms with E-state index in [1.54, 1.807) is 12.5 Å². The van der Waals surface area contributed by atoms with Gasteiger partial charge in [0.15, 0.2) is 5.69 Å². The molecule has 1 aromatic heterocycles. The van der Waals surface area contributed by atoms with Crippen molar-refractivity contribution in [1.82, 2.24) is 9.88 Å². The Labute approximate surface area is 145 Å². The Morgan fingerprint density at radius 3 is 3.04 bits per heavy atom. The van der Waals surface area contributed by atoms with Gasteiger partial charge in [0.05, 0.1) is 12.1 Å². The Kier molecular flexibility index (Phi) is 5.16. The van der Waals surface area contributed by atoms with Crippen molar-refractivity contribution in [3.8, 4) is 5.75 Å². The Balaban J connectivity index is 1.70. The molecule has 3 rings (SSSR count). The molecule has 24 heavy (non-hydrogen) atoms. The number of hydrogen-bond donors (Lipinski definition) is 1. The van der Waals surface area contributed by atoms with Crippen LogP contribution in [0.15, 0.2) is 23.6 Å². The van der Waals surface area contributed by atoms with E-state index in [0.717, 1.165) is 43.2 Å². The number of aromatic nitrogens is 1. The van der Waals surface area contributed by atoms with E-state index in [1.807, 2.05) is 12.1 Å². The summed E-state index contributed by atoms with van der Waals surface area (Å²) < 4.78 is 5.41. The molecule has 0 aliphatic carbocycles. The zero-order valence-electron chi connectivity index (χ0n) is 14.0. The maximum Gasteiger partial charge on any atom is 0.355 e. The number of methoxy groups -OCH3 is 1. The molecule has 1 aliphatic rings. The Bertz CT molecular complexity index is 729. The van der Waals surface area contributed by atoms with Crippen LogP contribution < -0.4 is 4.74 Å². The first-order chi connectivity index (χ1) is 11.6. The van der Waals surface area contributed by atoms with Gasteiger partial charge in [-0.25, -0.2) is 9.78 Å². The predicted molar refractivity (Wildman–Crippen MR) is 94.1 cm³/mol. The van der Waals surface area contributed by atoms with E-state index < -0.39 is 5.97 Å². The van der Waals surface area contributed by atoms with Gasteiger partial charge in [0.1, 0.15) is 5.75 Å². The summed E-state index contributed by atoms with van der Waals surface area (Å²) in [7, 11) is 1.70. The van der Waals surface area contributed by atoms with Crippen LogP contribution in [0.4, 0.5) is 0 Å². The molecular formula is C18H22N2O3S. The lowest BCUT2D eigenvalue weighted by Crippen LogP contribution is -2.34. The molecule has 0 spiro atoms. The van der Waals surface area contributed by atoms with E-state index in [0.29, 0.717) is 5.92 Å². The van der Waals surface area contributed by atoms with Gasteiger partial charge in [-0.2, -0.15) is 0 Å². The van der Waals surface area contributed by atoms with E-state index in [-0.39, 0.29) is 5.69 Å². The third-order valence-electron chi connectivity index (χ3n) is 4.61. The first-order valence-electron chi connectivity index (χ1n) is 8.12. The second-order valence-corrected chi connectivity index (χ2v) is 7.08. The monoisotopic (exact) mass is 346 g/mol. The summed E-state index contributed by atoms with van der Waals surface area (Å²) in [6.45, 7) is 4.96. The zero-order valence-corrected chi connectivity index (χ0v) is 14.8. The number of likely N-dealkylation sites (tertiary alicyclic amines) is 1. The highest BCUT2D eigenvalue weighted by Crippen LogP contribution is 2.31. The Morgan fingerprint density at radius 1 is 1.50 bits per heavy atom. The average molecular weight is 346 g/mol. The van der Waals surface area contributed by atoms with Crippen LogP contribution in [0.5, 0.6) is 5.75 Å². The third kappa shape index (κ3) is 3.60. The number of thiazole rings is 1. The first kappa shape index (κ1) is 16.9. The van der Waals surface area contributed by atoms with Crippen LogP contribution in [0.1, 0.15) is 45.4 Å². The van der Waals surface area contributed by atoms with Crippen molar-refractivity contribution < 1.29 is 14.6 Å². The molecule has 1 saturated heterocycles. The number of carboxylic acid groups (broad SMARTS) is 1. The fourth-order valence-electron chi connectivity index (χ4n) is 3.27. The quantitative estimate of drug-likeness (QED) is 0.897. The highest BCUT2D eigenvalue weighted by atomic mass is 32.1. The van der Waals surface area contributed by atoms with Crippen LogP contribution in [0.2, 0.25) is 0 Å². The smallest absolute Gasteiger partial charge is 0.355 e. The molecule has 0 radical (unpaired) electrons. The van der Waals surface area contributed by atoms with Crippen LogP contribution in [-0.2, 0) is 6.54 Å². The van der Waals surface area contributed by atoms with Gasteiger partial charge in [-0.05, 0) is 43.5 Å². The lowest BCUT2D eigenvalue weighted by molar-refractivity contribution is 0.0691. The summed E-state index contributed by atoms with van der Waals surface area (Å²) in [4.78, 5) is 17.7. The maximum absolute atomic E-state index is 11.0. The lowest BCUT2D eigenvalue weighted by Gasteiger charge is -2.32. The number of nitrogens with zero attached hydrogens (tertiary/aromatic N) is 2. The van der Waals surface area contributed by atoms with Crippen LogP contribution in [-0.4, -0.2) is 41.2 Å². The van der Waals surface area contributed by atoms with E-state index in [4.69, 9.17) is 9.84 Å². The van der Waals surface area contributed by atoms with E-state index in [1.165, 1.54) is 22.5 Å². The van der Waals surface area contributed by atoms with E-state index in [2.05, 4.69) is 22.9 Å².